The summed E-state index contributed by atoms with van der Waals surface area (Å²) < 4.78 is 38.9. The lowest BCUT2D eigenvalue weighted by Gasteiger charge is -2.35. The maximum absolute atomic E-state index is 13.0. The van der Waals surface area contributed by atoms with Gasteiger partial charge < -0.3 is 5.11 Å². The molecule has 0 aliphatic heterocycles. The van der Waals surface area contributed by atoms with Crippen LogP contribution in [0.25, 0.3) is 0 Å². The topological polar surface area (TPSA) is 20.2 Å². The second kappa shape index (κ2) is 5.21. The Morgan fingerprint density at radius 3 is 2.56 bits per heavy atom. The summed E-state index contributed by atoms with van der Waals surface area (Å²) >= 11 is 1.46. The van der Waals surface area contributed by atoms with Crippen molar-refractivity contribution in [3.05, 3.63) is 21.9 Å². The highest BCUT2D eigenvalue weighted by Crippen LogP contribution is 2.46. The molecule has 1 nitrogen and oxygen atoms in total. The van der Waals surface area contributed by atoms with E-state index in [1.165, 1.54) is 11.3 Å². The molecule has 2 rings (SSSR count). The summed E-state index contributed by atoms with van der Waals surface area (Å²) in [5, 5.41) is 12.0. The zero-order valence-corrected chi connectivity index (χ0v) is 11.0. The van der Waals surface area contributed by atoms with Crippen LogP contribution < -0.4 is 0 Å². The monoisotopic (exact) mass is 278 g/mol. The Hall–Kier alpha value is -0.550. The molecule has 1 fully saturated rings. The van der Waals surface area contributed by atoms with Crippen molar-refractivity contribution in [1.82, 2.24) is 0 Å². The fourth-order valence-corrected chi connectivity index (χ4v) is 3.54. The maximum Gasteiger partial charge on any atom is 0.392 e. The van der Waals surface area contributed by atoms with Crippen molar-refractivity contribution in [2.45, 2.75) is 44.9 Å². The van der Waals surface area contributed by atoms with Gasteiger partial charge in [-0.15, -0.1) is 11.3 Å². The van der Waals surface area contributed by atoms with E-state index in [9.17, 15) is 18.3 Å². The molecule has 5 heteroatoms. The van der Waals surface area contributed by atoms with Gasteiger partial charge in [0.2, 0.25) is 0 Å². The van der Waals surface area contributed by atoms with Gasteiger partial charge >= 0.3 is 6.18 Å². The fraction of sp³-hybridized carbons (Fsp3) is 0.692. The van der Waals surface area contributed by atoms with Gasteiger partial charge in [-0.3, -0.25) is 0 Å². The van der Waals surface area contributed by atoms with Crippen LogP contribution in [0.1, 0.15) is 42.2 Å². The number of aliphatic hydroxyl groups is 1. The third-order valence-electron chi connectivity index (χ3n) is 3.74. The van der Waals surface area contributed by atoms with E-state index >= 15 is 0 Å². The van der Waals surface area contributed by atoms with Crippen molar-refractivity contribution in [1.29, 1.82) is 0 Å². The largest absolute Gasteiger partial charge is 0.392 e. The van der Waals surface area contributed by atoms with Crippen molar-refractivity contribution in [2.24, 2.45) is 11.8 Å². The Morgan fingerprint density at radius 2 is 2.00 bits per heavy atom. The van der Waals surface area contributed by atoms with Crippen LogP contribution in [0, 0.1) is 18.8 Å². The molecule has 0 bridgehead atoms. The van der Waals surface area contributed by atoms with E-state index in [4.69, 9.17) is 0 Å². The standard InChI is InChI=1S/C13H17F3OS/c1-8-6-9(7-18-8)12(17)10-4-2-3-5-11(10)13(14,15)16/h6-7,10-12,17H,2-5H2,1H3. The van der Waals surface area contributed by atoms with Gasteiger partial charge in [0.15, 0.2) is 0 Å². The number of aryl methyl sites for hydroxylation is 1. The highest BCUT2D eigenvalue weighted by Gasteiger charge is 2.47. The number of alkyl halides is 3. The molecule has 0 radical (unpaired) electrons. The van der Waals surface area contributed by atoms with Crippen LogP contribution in [0.3, 0.4) is 0 Å². The Labute approximate surface area is 109 Å². The first-order valence-electron chi connectivity index (χ1n) is 6.19. The quantitative estimate of drug-likeness (QED) is 0.847. The molecule has 1 N–H and O–H groups in total. The van der Waals surface area contributed by atoms with Crippen LogP contribution in [0.5, 0.6) is 0 Å². The molecule has 1 aromatic rings. The molecule has 1 saturated carbocycles. The number of hydrogen-bond donors (Lipinski definition) is 1. The minimum atomic E-state index is -4.20. The van der Waals surface area contributed by atoms with Crippen LogP contribution >= 0.6 is 11.3 Å². The first-order valence-corrected chi connectivity index (χ1v) is 7.07. The highest BCUT2D eigenvalue weighted by molar-refractivity contribution is 7.10. The van der Waals surface area contributed by atoms with Gasteiger partial charge in [-0.25, -0.2) is 0 Å². The molecule has 3 unspecified atom stereocenters. The van der Waals surface area contributed by atoms with Crippen LogP contribution in [0.2, 0.25) is 0 Å². The molecular formula is C13H17F3OS. The summed E-state index contributed by atoms with van der Waals surface area (Å²) in [7, 11) is 0. The second-order valence-corrected chi connectivity index (χ2v) is 6.15. The summed E-state index contributed by atoms with van der Waals surface area (Å²) in [5.74, 6) is -2.05. The summed E-state index contributed by atoms with van der Waals surface area (Å²) in [4.78, 5) is 1.02. The van der Waals surface area contributed by atoms with Crippen LogP contribution in [-0.2, 0) is 0 Å². The highest BCUT2D eigenvalue weighted by atomic mass is 32.1. The van der Waals surface area contributed by atoms with E-state index in [0.717, 1.165) is 11.3 Å². The fourth-order valence-electron chi connectivity index (χ4n) is 2.81. The lowest BCUT2D eigenvalue weighted by atomic mass is 9.74. The number of hydrogen-bond acceptors (Lipinski definition) is 2. The molecule has 0 saturated heterocycles. The van der Waals surface area contributed by atoms with Crippen molar-refractivity contribution < 1.29 is 18.3 Å². The Bertz CT molecular complexity index is 399. The molecule has 0 aromatic carbocycles. The Kier molecular flexibility index (Phi) is 4.02. The zero-order valence-electron chi connectivity index (χ0n) is 10.2. The third-order valence-corrected chi connectivity index (χ3v) is 4.62. The molecule has 1 heterocycles. The van der Waals surface area contributed by atoms with Crippen LogP contribution in [0.15, 0.2) is 11.4 Å². The lowest BCUT2D eigenvalue weighted by Crippen LogP contribution is -2.36. The number of halogens is 3. The Balaban J connectivity index is 2.18. The van der Waals surface area contributed by atoms with Crippen molar-refractivity contribution >= 4 is 11.3 Å². The molecule has 0 amide bonds. The summed E-state index contributed by atoms with van der Waals surface area (Å²) in [6.07, 6.45) is -3.19. The van der Waals surface area contributed by atoms with E-state index in [1.807, 2.05) is 6.92 Å². The number of aliphatic hydroxyl groups excluding tert-OH is 1. The van der Waals surface area contributed by atoms with Gasteiger partial charge in [-0.2, -0.15) is 13.2 Å². The third kappa shape index (κ3) is 2.88. The predicted octanol–water partition coefficient (Wildman–Crippen LogP) is 4.46. The normalized spacial score (nSPS) is 27.2. The molecule has 1 aliphatic rings. The van der Waals surface area contributed by atoms with Crippen molar-refractivity contribution in [3.8, 4) is 0 Å². The van der Waals surface area contributed by atoms with E-state index in [-0.39, 0.29) is 6.42 Å². The minimum Gasteiger partial charge on any atom is -0.388 e. The first-order chi connectivity index (χ1) is 8.39. The van der Waals surface area contributed by atoms with Crippen LogP contribution in [-0.4, -0.2) is 11.3 Å². The average molecular weight is 278 g/mol. The zero-order chi connectivity index (χ0) is 13.3. The van der Waals surface area contributed by atoms with Crippen LogP contribution in [0.4, 0.5) is 13.2 Å². The van der Waals surface area contributed by atoms with Gasteiger partial charge in [0.1, 0.15) is 0 Å². The van der Waals surface area contributed by atoms with Gasteiger partial charge in [0.25, 0.3) is 0 Å². The summed E-state index contributed by atoms with van der Waals surface area (Å²) in [6, 6.07) is 1.79. The molecule has 18 heavy (non-hydrogen) atoms. The average Bonchev–Trinajstić information content (AvgIpc) is 2.74. The van der Waals surface area contributed by atoms with E-state index in [0.29, 0.717) is 18.4 Å². The van der Waals surface area contributed by atoms with Crippen molar-refractivity contribution in [3.63, 3.8) is 0 Å². The summed E-state index contributed by atoms with van der Waals surface area (Å²) in [6.45, 7) is 1.89. The van der Waals surface area contributed by atoms with Crippen molar-refractivity contribution in [2.75, 3.05) is 0 Å². The smallest absolute Gasteiger partial charge is 0.388 e. The second-order valence-electron chi connectivity index (χ2n) is 5.03. The predicted molar refractivity (Wildman–Crippen MR) is 65.5 cm³/mol. The SMILES string of the molecule is Cc1cc(C(O)C2CCCCC2C(F)(F)F)cs1. The molecule has 0 spiro atoms. The molecule has 1 aromatic heterocycles. The van der Waals surface area contributed by atoms with Gasteiger partial charge in [0, 0.05) is 10.8 Å². The Morgan fingerprint density at radius 1 is 1.33 bits per heavy atom. The van der Waals surface area contributed by atoms with Gasteiger partial charge in [0.05, 0.1) is 12.0 Å². The maximum atomic E-state index is 13.0. The van der Waals surface area contributed by atoms with E-state index in [1.54, 1.807) is 11.4 Å². The molecule has 102 valence electrons. The van der Waals surface area contributed by atoms with Gasteiger partial charge in [-0.05, 0) is 36.8 Å². The first kappa shape index (κ1) is 13.9. The lowest BCUT2D eigenvalue weighted by molar-refractivity contribution is -0.207. The van der Waals surface area contributed by atoms with Gasteiger partial charge in [-0.1, -0.05) is 12.8 Å². The van der Waals surface area contributed by atoms with E-state index < -0.39 is 24.1 Å². The molecule has 3 atom stereocenters. The number of rotatable bonds is 2. The summed E-state index contributed by atoms with van der Waals surface area (Å²) in [5.41, 5.74) is 0.638. The van der Waals surface area contributed by atoms with E-state index in [2.05, 4.69) is 0 Å². The molecule has 1 aliphatic carbocycles. The molecular weight excluding hydrogens is 261 g/mol. The number of thiophene rings is 1. The minimum absolute atomic E-state index is 0.147.